The molecule has 1 aromatic rings. The zero-order valence-corrected chi connectivity index (χ0v) is 13.7. The molecule has 0 saturated heterocycles. The molecule has 1 aromatic carbocycles. The molecule has 4 heteroatoms. The lowest BCUT2D eigenvalue weighted by Gasteiger charge is -2.29. The van der Waals surface area contributed by atoms with E-state index in [4.69, 9.17) is 10.5 Å². The summed E-state index contributed by atoms with van der Waals surface area (Å²) in [6, 6.07) is 8.02. The fourth-order valence-electron chi connectivity index (χ4n) is 2.70. The summed E-state index contributed by atoms with van der Waals surface area (Å²) in [5.74, 6) is 1.57. The Labute approximate surface area is 133 Å². The maximum absolute atomic E-state index is 12.0. The first kappa shape index (κ1) is 16.8. The van der Waals surface area contributed by atoms with E-state index in [0.717, 1.165) is 18.6 Å². The summed E-state index contributed by atoms with van der Waals surface area (Å²) in [4.78, 5) is 12.0. The minimum absolute atomic E-state index is 0.107. The normalized spacial score (nSPS) is 16.9. The van der Waals surface area contributed by atoms with Crippen molar-refractivity contribution < 1.29 is 9.53 Å². The van der Waals surface area contributed by atoms with Crippen molar-refractivity contribution in [1.29, 1.82) is 0 Å². The van der Waals surface area contributed by atoms with Crippen LogP contribution in [0, 0.1) is 12.8 Å². The Morgan fingerprint density at radius 1 is 1.41 bits per heavy atom. The van der Waals surface area contributed by atoms with Crippen molar-refractivity contribution in [3.8, 4) is 5.75 Å². The molecule has 0 bridgehead atoms. The number of rotatable bonds is 9. The van der Waals surface area contributed by atoms with E-state index in [-0.39, 0.29) is 11.4 Å². The Hall–Kier alpha value is -1.55. The second-order valence-electron chi connectivity index (χ2n) is 6.57. The molecular weight excluding hydrogens is 276 g/mol. The Balaban J connectivity index is 1.61. The van der Waals surface area contributed by atoms with Crippen molar-refractivity contribution in [1.82, 2.24) is 5.32 Å². The molecule has 122 valence electrons. The van der Waals surface area contributed by atoms with Crippen molar-refractivity contribution >= 4 is 5.91 Å². The van der Waals surface area contributed by atoms with Gasteiger partial charge in [-0.05, 0) is 63.1 Å². The summed E-state index contributed by atoms with van der Waals surface area (Å²) < 4.78 is 5.69. The molecule has 0 heterocycles. The summed E-state index contributed by atoms with van der Waals surface area (Å²) >= 11 is 0. The summed E-state index contributed by atoms with van der Waals surface area (Å²) in [5, 5.41) is 3.12. The Morgan fingerprint density at radius 3 is 2.82 bits per heavy atom. The van der Waals surface area contributed by atoms with Crippen LogP contribution in [0.25, 0.3) is 0 Å². The lowest BCUT2D eigenvalue weighted by molar-refractivity contribution is -0.123. The van der Waals surface area contributed by atoms with Gasteiger partial charge in [-0.25, -0.2) is 0 Å². The number of hydrogen-bond acceptors (Lipinski definition) is 3. The zero-order chi connectivity index (χ0) is 16.0. The van der Waals surface area contributed by atoms with E-state index in [1.165, 1.54) is 18.4 Å². The first-order valence-electron chi connectivity index (χ1n) is 8.24. The lowest BCUT2D eigenvalue weighted by atomic mass is 9.95. The third kappa shape index (κ3) is 5.02. The van der Waals surface area contributed by atoms with Crippen molar-refractivity contribution in [2.24, 2.45) is 11.7 Å². The number of amides is 1. The Morgan fingerprint density at radius 2 is 2.18 bits per heavy atom. The van der Waals surface area contributed by atoms with Gasteiger partial charge in [0.1, 0.15) is 5.75 Å². The molecule has 0 spiro atoms. The zero-order valence-electron chi connectivity index (χ0n) is 13.7. The average Bonchev–Trinajstić information content (AvgIpc) is 3.32. The van der Waals surface area contributed by atoms with Crippen LogP contribution >= 0.6 is 0 Å². The SMILES string of the molecule is Cc1cccc(OCCCCC(=O)NC(C)(CN)C2CC2)c1. The van der Waals surface area contributed by atoms with Gasteiger partial charge >= 0.3 is 0 Å². The number of nitrogens with two attached hydrogens (primary N) is 1. The summed E-state index contributed by atoms with van der Waals surface area (Å²) in [7, 11) is 0. The van der Waals surface area contributed by atoms with E-state index in [2.05, 4.69) is 12.2 Å². The van der Waals surface area contributed by atoms with Crippen LogP contribution in [0.15, 0.2) is 24.3 Å². The lowest BCUT2D eigenvalue weighted by Crippen LogP contribution is -2.53. The predicted octanol–water partition coefficient (Wildman–Crippen LogP) is 2.79. The van der Waals surface area contributed by atoms with E-state index >= 15 is 0 Å². The van der Waals surface area contributed by atoms with Crippen LogP contribution in [-0.4, -0.2) is 24.6 Å². The van der Waals surface area contributed by atoms with Gasteiger partial charge in [0.15, 0.2) is 0 Å². The van der Waals surface area contributed by atoms with Gasteiger partial charge in [0.05, 0.1) is 12.1 Å². The van der Waals surface area contributed by atoms with Gasteiger partial charge in [0.2, 0.25) is 5.91 Å². The molecule has 1 saturated carbocycles. The molecule has 0 aliphatic heterocycles. The number of ether oxygens (including phenoxy) is 1. The van der Waals surface area contributed by atoms with Gasteiger partial charge in [0, 0.05) is 13.0 Å². The van der Waals surface area contributed by atoms with E-state index < -0.39 is 0 Å². The van der Waals surface area contributed by atoms with Gasteiger partial charge < -0.3 is 15.8 Å². The van der Waals surface area contributed by atoms with Crippen LogP contribution < -0.4 is 15.8 Å². The summed E-state index contributed by atoms with van der Waals surface area (Å²) in [6.45, 7) is 5.27. The highest BCUT2D eigenvalue weighted by atomic mass is 16.5. The smallest absolute Gasteiger partial charge is 0.220 e. The van der Waals surface area contributed by atoms with E-state index in [1.54, 1.807) is 0 Å². The molecule has 1 aliphatic carbocycles. The molecule has 2 rings (SSSR count). The quantitative estimate of drug-likeness (QED) is 0.690. The number of nitrogens with one attached hydrogen (secondary N) is 1. The number of carbonyl (C=O) groups excluding carboxylic acids is 1. The molecule has 0 radical (unpaired) electrons. The second kappa shape index (κ2) is 7.63. The van der Waals surface area contributed by atoms with Gasteiger partial charge in [-0.3, -0.25) is 4.79 Å². The molecule has 0 aromatic heterocycles. The van der Waals surface area contributed by atoms with Gasteiger partial charge in [0.25, 0.3) is 0 Å². The molecular formula is C18H28N2O2. The van der Waals surface area contributed by atoms with E-state index in [9.17, 15) is 4.79 Å². The Kier molecular flexibility index (Phi) is 5.83. The third-order valence-electron chi connectivity index (χ3n) is 4.38. The predicted molar refractivity (Wildman–Crippen MR) is 88.9 cm³/mol. The first-order chi connectivity index (χ1) is 10.5. The van der Waals surface area contributed by atoms with E-state index in [0.29, 0.717) is 25.5 Å². The van der Waals surface area contributed by atoms with Crippen LogP contribution in [-0.2, 0) is 4.79 Å². The fraction of sp³-hybridized carbons (Fsp3) is 0.611. The van der Waals surface area contributed by atoms with Crippen LogP contribution in [0.5, 0.6) is 5.75 Å². The third-order valence-corrected chi connectivity index (χ3v) is 4.38. The molecule has 3 N–H and O–H groups in total. The van der Waals surface area contributed by atoms with Crippen LogP contribution in [0.1, 0.15) is 44.6 Å². The van der Waals surface area contributed by atoms with Crippen molar-refractivity contribution in [3.63, 3.8) is 0 Å². The number of hydrogen-bond donors (Lipinski definition) is 2. The maximum atomic E-state index is 12.0. The molecule has 1 aliphatic rings. The van der Waals surface area contributed by atoms with Gasteiger partial charge in [-0.1, -0.05) is 12.1 Å². The van der Waals surface area contributed by atoms with Crippen LogP contribution in [0.4, 0.5) is 0 Å². The number of aryl methyl sites for hydroxylation is 1. The average molecular weight is 304 g/mol. The fourth-order valence-corrected chi connectivity index (χ4v) is 2.70. The van der Waals surface area contributed by atoms with Crippen molar-refractivity contribution in [3.05, 3.63) is 29.8 Å². The van der Waals surface area contributed by atoms with Crippen molar-refractivity contribution in [2.45, 2.75) is 51.5 Å². The molecule has 1 unspecified atom stereocenters. The first-order valence-corrected chi connectivity index (χ1v) is 8.24. The molecule has 1 amide bonds. The minimum atomic E-state index is -0.213. The standard InChI is InChI=1S/C18H28N2O2/c1-14-6-5-7-16(12-14)22-11-4-3-8-17(21)20-18(2,13-19)15-9-10-15/h5-7,12,15H,3-4,8-11,13,19H2,1-2H3,(H,20,21). The number of unbranched alkanes of at least 4 members (excludes halogenated alkanes) is 1. The van der Waals surface area contributed by atoms with Crippen molar-refractivity contribution in [2.75, 3.05) is 13.2 Å². The molecule has 1 fully saturated rings. The number of carbonyl (C=O) groups is 1. The largest absolute Gasteiger partial charge is 0.494 e. The van der Waals surface area contributed by atoms with Crippen LogP contribution in [0.3, 0.4) is 0 Å². The molecule has 22 heavy (non-hydrogen) atoms. The molecule has 4 nitrogen and oxygen atoms in total. The van der Waals surface area contributed by atoms with Crippen LogP contribution in [0.2, 0.25) is 0 Å². The Bertz CT molecular complexity index is 500. The summed E-state index contributed by atoms with van der Waals surface area (Å²) in [5.41, 5.74) is 6.79. The van der Waals surface area contributed by atoms with Gasteiger partial charge in [-0.2, -0.15) is 0 Å². The summed E-state index contributed by atoms with van der Waals surface area (Å²) in [6.07, 6.45) is 4.61. The van der Waals surface area contributed by atoms with E-state index in [1.807, 2.05) is 31.2 Å². The molecule has 1 atom stereocenters. The minimum Gasteiger partial charge on any atom is -0.494 e. The highest BCUT2D eigenvalue weighted by Crippen LogP contribution is 2.39. The highest BCUT2D eigenvalue weighted by molar-refractivity contribution is 5.76. The monoisotopic (exact) mass is 304 g/mol. The topological polar surface area (TPSA) is 64.3 Å². The highest BCUT2D eigenvalue weighted by Gasteiger charge is 2.41. The number of benzene rings is 1. The maximum Gasteiger partial charge on any atom is 0.220 e. The van der Waals surface area contributed by atoms with Gasteiger partial charge in [-0.15, -0.1) is 0 Å². The second-order valence-corrected chi connectivity index (χ2v) is 6.57.